The molecule has 1 aromatic rings. The van der Waals surface area contributed by atoms with Crippen LogP contribution in [-0.4, -0.2) is 30.9 Å². The summed E-state index contributed by atoms with van der Waals surface area (Å²) in [6, 6.07) is 5.46. The third-order valence-electron chi connectivity index (χ3n) is 3.91. The highest BCUT2D eigenvalue weighted by molar-refractivity contribution is 9.10. The number of amides is 1. The second-order valence-corrected chi connectivity index (χ2v) is 7.20. The number of nitrogens with one attached hydrogen (secondary N) is 1. The first-order chi connectivity index (χ1) is 10.0. The quantitative estimate of drug-likeness (QED) is 0.821. The standard InChI is InChI=1S/C16H22BrClN2O/c1-20(10-12-5-3-2-4-6-12)11-16(21)19-15-8-7-13(17)9-14(15)18/h7-9,12H,2-6,10-11H2,1H3,(H,19,21). The molecule has 5 heteroatoms. The maximum absolute atomic E-state index is 12.1. The summed E-state index contributed by atoms with van der Waals surface area (Å²) >= 11 is 9.46. The van der Waals surface area contributed by atoms with Crippen molar-refractivity contribution in [3.63, 3.8) is 0 Å². The van der Waals surface area contributed by atoms with Crippen LogP contribution >= 0.6 is 27.5 Å². The fraction of sp³-hybridized carbons (Fsp3) is 0.562. The molecule has 3 nitrogen and oxygen atoms in total. The van der Waals surface area contributed by atoms with Crippen LogP contribution < -0.4 is 5.32 Å². The SMILES string of the molecule is CN(CC(=O)Nc1ccc(Br)cc1Cl)CC1CCCCC1. The summed E-state index contributed by atoms with van der Waals surface area (Å²) in [4.78, 5) is 14.2. The molecule has 0 bridgehead atoms. The van der Waals surface area contributed by atoms with Crippen LogP contribution in [-0.2, 0) is 4.79 Å². The van der Waals surface area contributed by atoms with Crippen LogP contribution in [0.1, 0.15) is 32.1 Å². The van der Waals surface area contributed by atoms with Gasteiger partial charge in [-0.2, -0.15) is 0 Å². The van der Waals surface area contributed by atoms with Crippen molar-refractivity contribution in [2.24, 2.45) is 5.92 Å². The van der Waals surface area contributed by atoms with E-state index >= 15 is 0 Å². The molecule has 1 aliphatic carbocycles. The van der Waals surface area contributed by atoms with Crippen LogP contribution in [0.4, 0.5) is 5.69 Å². The highest BCUT2D eigenvalue weighted by Gasteiger charge is 2.17. The Balaban J connectivity index is 1.80. The summed E-state index contributed by atoms with van der Waals surface area (Å²) in [6.07, 6.45) is 6.62. The Morgan fingerprint density at radius 2 is 2.10 bits per heavy atom. The van der Waals surface area contributed by atoms with E-state index in [-0.39, 0.29) is 5.91 Å². The summed E-state index contributed by atoms with van der Waals surface area (Å²) < 4.78 is 0.903. The molecule has 1 saturated carbocycles. The number of carbonyl (C=O) groups excluding carboxylic acids is 1. The van der Waals surface area contributed by atoms with Gasteiger partial charge < -0.3 is 5.32 Å². The Morgan fingerprint density at radius 3 is 2.76 bits per heavy atom. The van der Waals surface area contributed by atoms with Gasteiger partial charge in [-0.3, -0.25) is 9.69 Å². The van der Waals surface area contributed by atoms with Crippen LogP contribution in [0.2, 0.25) is 5.02 Å². The van der Waals surface area contributed by atoms with Crippen molar-refractivity contribution in [2.45, 2.75) is 32.1 Å². The van der Waals surface area contributed by atoms with E-state index in [1.165, 1.54) is 32.1 Å². The number of anilines is 1. The third kappa shape index (κ3) is 5.61. The second kappa shape index (κ2) is 8.16. The molecule has 116 valence electrons. The van der Waals surface area contributed by atoms with Crippen molar-refractivity contribution in [1.29, 1.82) is 0 Å². The minimum absolute atomic E-state index is 0.0162. The van der Waals surface area contributed by atoms with Crippen molar-refractivity contribution < 1.29 is 4.79 Å². The average Bonchev–Trinajstić information content (AvgIpc) is 2.43. The molecule has 0 radical (unpaired) electrons. The lowest BCUT2D eigenvalue weighted by atomic mass is 9.89. The molecule has 0 saturated heterocycles. The van der Waals surface area contributed by atoms with Crippen LogP contribution in [0.3, 0.4) is 0 Å². The molecule has 21 heavy (non-hydrogen) atoms. The lowest BCUT2D eigenvalue weighted by Gasteiger charge is -2.26. The van der Waals surface area contributed by atoms with Gasteiger partial charge in [-0.05, 0) is 44.0 Å². The molecular weight excluding hydrogens is 352 g/mol. The van der Waals surface area contributed by atoms with E-state index in [1.54, 1.807) is 6.07 Å². The highest BCUT2D eigenvalue weighted by Crippen LogP contribution is 2.26. The van der Waals surface area contributed by atoms with Gasteiger partial charge in [-0.25, -0.2) is 0 Å². The molecule has 1 aromatic carbocycles. The monoisotopic (exact) mass is 372 g/mol. The van der Waals surface area contributed by atoms with E-state index in [1.807, 2.05) is 19.2 Å². The molecule has 2 rings (SSSR count). The third-order valence-corrected chi connectivity index (χ3v) is 4.72. The predicted molar refractivity (Wildman–Crippen MR) is 91.9 cm³/mol. The molecule has 1 fully saturated rings. The van der Waals surface area contributed by atoms with Crippen molar-refractivity contribution in [1.82, 2.24) is 4.90 Å². The van der Waals surface area contributed by atoms with Gasteiger partial charge in [0.15, 0.2) is 0 Å². The largest absolute Gasteiger partial charge is 0.324 e. The van der Waals surface area contributed by atoms with Gasteiger partial charge in [-0.15, -0.1) is 0 Å². The van der Waals surface area contributed by atoms with E-state index < -0.39 is 0 Å². The molecule has 1 amide bonds. The number of rotatable bonds is 5. The zero-order chi connectivity index (χ0) is 15.2. The van der Waals surface area contributed by atoms with Gasteiger partial charge in [0.05, 0.1) is 17.3 Å². The normalized spacial score (nSPS) is 16.2. The lowest BCUT2D eigenvalue weighted by Crippen LogP contribution is -2.34. The van der Waals surface area contributed by atoms with Crippen molar-refractivity contribution in [2.75, 3.05) is 25.5 Å². The fourth-order valence-corrected chi connectivity index (χ4v) is 3.62. The van der Waals surface area contributed by atoms with E-state index in [2.05, 4.69) is 26.1 Å². The first-order valence-electron chi connectivity index (χ1n) is 7.48. The number of hydrogen-bond donors (Lipinski definition) is 1. The van der Waals surface area contributed by atoms with Crippen molar-refractivity contribution in [3.05, 3.63) is 27.7 Å². The van der Waals surface area contributed by atoms with E-state index in [4.69, 9.17) is 11.6 Å². The molecule has 1 N–H and O–H groups in total. The van der Waals surface area contributed by atoms with Gasteiger partial charge >= 0.3 is 0 Å². The Bertz CT molecular complexity index is 489. The van der Waals surface area contributed by atoms with Crippen molar-refractivity contribution in [3.8, 4) is 0 Å². The average molecular weight is 374 g/mol. The molecule has 0 spiro atoms. The van der Waals surface area contributed by atoms with Gasteiger partial charge in [0.25, 0.3) is 0 Å². The summed E-state index contributed by atoms with van der Waals surface area (Å²) in [6.45, 7) is 1.41. The number of halogens is 2. The summed E-state index contributed by atoms with van der Waals surface area (Å²) in [5.74, 6) is 0.727. The van der Waals surface area contributed by atoms with Crippen LogP contribution in [0.5, 0.6) is 0 Å². The van der Waals surface area contributed by atoms with E-state index in [0.717, 1.165) is 16.9 Å². The zero-order valence-electron chi connectivity index (χ0n) is 12.4. The van der Waals surface area contributed by atoms with Crippen LogP contribution in [0.15, 0.2) is 22.7 Å². The molecule has 0 aliphatic heterocycles. The number of benzene rings is 1. The molecule has 0 heterocycles. The summed E-state index contributed by atoms with van der Waals surface area (Å²) in [5.41, 5.74) is 0.663. The van der Waals surface area contributed by atoms with Gasteiger partial charge in [-0.1, -0.05) is 46.8 Å². The zero-order valence-corrected chi connectivity index (χ0v) is 14.7. The number of hydrogen-bond acceptors (Lipinski definition) is 2. The highest BCUT2D eigenvalue weighted by atomic mass is 79.9. The predicted octanol–water partition coefficient (Wildman–Crippen LogP) is 4.55. The Kier molecular flexibility index (Phi) is 6.52. The molecule has 0 atom stereocenters. The molecule has 0 unspecified atom stereocenters. The minimum atomic E-state index is -0.0162. The first-order valence-corrected chi connectivity index (χ1v) is 8.65. The number of nitrogens with zero attached hydrogens (tertiary/aromatic N) is 1. The van der Waals surface area contributed by atoms with E-state index in [0.29, 0.717) is 17.3 Å². The molecule has 0 aromatic heterocycles. The topological polar surface area (TPSA) is 32.3 Å². The first kappa shape index (κ1) is 16.8. The Hall–Kier alpha value is -0.580. The van der Waals surface area contributed by atoms with Crippen LogP contribution in [0.25, 0.3) is 0 Å². The van der Waals surface area contributed by atoms with Gasteiger partial charge in [0, 0.05) is 11.0 Å². The van der Waals surface area contributed by atoms with Crippen molar-refractivity contribution >= 4 is 39.1 Å². The minimum Gasteiger partial charge on any atom is -0.324 e. The molecule has 1 aliphatic rings. The second-order valence-electron chi connectivity index (χ2n) is 5.87. The maximum Gasteiger partial charge on any atom is 0.238 e. The fourth-order valence-electron chi connectivity index (χ4n) is 2.90. The van der Waals surface area contributed by atoms with E-state index in [9.17, 15) is 4.79 Å². The smallest absolute Gasteiger partial charge is 0.238 e. The lowest BCUT2D eigenvalue weighted by molar-refractivity contribution is -0.117. The maximum atomic E-state index is 12.1. The number of carbonyl (C=O) groups is 1. The van der Waals surface area contributed by atoms with Gasteiger partial charge in [0.1, 0.15) is 0 Å². The Morgan fingerprint density at radius 1 is 1.38 bits per heavy atom. The number of likely N-dealkylation sites (N-methyl/N-ethyl adjacent to an activating group) is 1. The van der Waals surface area contributed by atoms with Gasteiger partial charge in [0.2, 0.25) is 5.91 Å². The summed E-state index contributed by atoms with van der Waals surface area (Å²) in [5, 5.41) is 3.42. The molecular formula is C16H22BrClN2O. The van der Waals surface area contributed by atoms with Crippen LogP contribution in [0, 0.1) is 5.92 Å². The Labute approximate surface area is 140 Å². The summed E-state index contributed by atoms with van der Waals surface area (Å²) in [7, 11) is 2.01.